The number of likely N-dealkylation sites (tertiary alicyclic amines) is 1. The van der Waals surface area contributed by atoms with Crippen molar-refractivity contribution in [2.75, 3.05) is 26.2 Å². The SMILES string of the molecule is C#CCC1CCN(C2CCN(S(=O)(=O)c3ccccc3)CC2)CC1. The van der Waals surface area contributed by atoms with Gasteiger partial charge in [0.25, 0.3) is 0 Å². The molecule has 0 amide bonds. The van der Waals surface area contributed by atoms with E-state index in [4.69, 9.17) is 6.42 Å². The van der Waals surface area contributed by atoms with E-state index >= 15 is 0 Å². The minimum atomic E-state index is -3.34. The second kappa shape index (κ2) is 7.69. The van der Waals surface area contributed by atoms with Crippen LogP contribution in [0.5, 0.6) is 0 Å². The molecule has 0 aliphatic carbocycles. The highest BCUT2D eigenvalue weighted by Gasteiger charge is 2.32. The zero-order chi connectivity index (χ0) is 17.0. The quantitative estimate of drug-likeness (QED) is 0.787. The van der Waals surface area contributed by atoms with Crippen LogP contribution in [-0.4, -0.2) is 49.8 Å². The molecule has 0 saturated carbocycles. The Morgan fingerprint density at radius 3 is 2.21 bits per heavy atom. The summed E-state index contributed by atoms with van der Waals surface area (Å²) >= 11 is 0. The molecule has 24 heavy (non-hydrogen) atoms. The van der Waals surface area contributed by atoms with Gasteiger partial charge in [-0.3, -0.25) is 0 Å². The van der Waals surface area contributed by atoms with Gasteiger partial charge in [0, 0.05) is 25.6 Å². The zero-order valence-corrected chi connectivity index (χ0v) is 14.9. The first-order valence-electron chi connectivity index (χ1n) is 8.84. The Morgan fingerprint density at radius 1 is 1.00 bits per heavy atom. The van der Waals surface area contributed by atoms with Gasteiger partial charge in [0.05, 0.1) is 4.90 Å². The summed E-state index contributed by atoms with van der Waals surface area (Å²) in [5.74, 6) is 3.45. The fourth-order valence-corrected chi connectivity index (χ4v) is 5.37. The first-order chi connectivity index (χ1) is 11.6. The van der Waals surface area contributed by atoms with E-state index in [0.29, 0.717) is 29.9 Å². The standard InChI is InChI=1S/C19H26N2O2S/c1-2-6-17-9-13-20(14-10-17)18-11-15-21(16-12-18)24(22,23)19-7-4-3-5-8-19/h1,3-5,7-8,17-18H,6,9-16H2. The Kier molecular flexibility index (Phi) is 5.60. The van der Waals surface area contributed by atoms with Crippen molar-refractivity contribution in [3.63, 3.8) is 0 Å². The molecule has 2 heterocycles. The molecule has 0 spiro atoms. The molecule has 2 saturated heterocycles. The Morgan fingerprint density at radius 2 is 1.62 bits per heavy atom. The van der Waals surface area contributed by atoms with E-state index in [1.54, 1.807) is 28.6 Å². The van der Waals surface area contributed by atoms with Gasteiger partial charge < -0.3 is 4.90 Å². The maximum Gasteiger partial charge on any atom is 0.243 e. The average Bonchev–Trinajstić information content (AvgIpc) is 2.63. The fourth-order valence-electron chi connectivity index (χ4n) is 3.88. The largest absolute Gasteiger partial charge is 0.300 e. The van der Waals surface area contributed by atoms with Crippen molar-refractivity contribution < 1.29 is 8.42 Å². The molecule has 2 aliphatic heterocycles. The summed E-state index contributed by atoms with van der Waals surface area (Å²) in [5, 5.41) is 0. The molecule has 2 aliphatic rings. The van der Waals surface area contributed by atoms with Crippen molar-refractivity contribution in [3.8, 4) is 12.3 Å². The second-order valence-electron chi connectivity index (χ2n) is 6.84. The third-order valence-electron chi connectivity index (χ3n) is 5.38. The molecule has 4 nitrogen and oxygen atoms in total. The Labute approximate surface area is 145 Å². The molecule has 1 aromatic rings. The number of piperidine rings is 2. The lowest BCUT2D eigenvalue weighted by Gasteiger charge is -2.41. The lowest BCUT2D eigenvalue weighted by atomic mass is 9.92. The third-order valence-corrected chi connectivity index (χ3v) is 7.29. The van der Waals surface area contributed by atoms with Crippen molar-refractivity contribution in [2.45, 2.75) is 43.0 Å². The summed E-state index contributed by atoms with van der Waals surface area (Å²) in [6, 6.07) is 9.27. The van der Waals surface area contributed by atoms with Gasteiger partial charge >= 0.3 is 0 Å². The summed E-state index contributed by atoms with van der Waals surface area (Å²) in [5.41, 5.74) is 0. The van der Waals surface area contributed by atoms with Crippen LogP contribution in [-0.2, 0) is 10.0 Å². The Balaban J connectivity index is 1.54. The van der Waals surface area contributed by atoms with Gasteiger partial charge in [-0.05, 0) is 56.8 Å². The minimum absolute atomic E-state index is 0.401. The molecule has 2 fully saturated rings. The van der Waals surface area contributed by atoms with Gasteiger partial charge in [-0.1, -0.05) is 18.2 Å². The number of rotatable bonds is 4. The van der Waals surface area contributed by atoms with Crippen LogP contribution in [0.2, 0.25) is 0 Å². The first kappa shape index (κ1) is 17.5. The summed E-state index contributed by atoms with van der Waals surface area (Å²) in [6.07, 6.45) is 10.5. The monoisotopic (exact) mass is 346 g/mol. The van der Waals surface area contributed by atoms with Gasteiger partial charge in [0.15, 0.2) is 0 Å². The van der Waals surface area contributed by atoms with Gasteiger partial charge in [-0.25, -0.2) is 8.42 Å². The summed E-state index contributed by atoms with van der Waals surface area (Å²) in [6.45, 7) is 3.43. The van der Waals surface area contributed by atoms with Crippen LogP contribution in [0.4, 0.5) is 0 Å². The Hall–Kier alpha value is -1.35. The lowest BCUT2D eigenvalue weighted by Crippen LogP contribution is -2.48. The molecule has 1 aromatic carbocycles. The number of nitrogens with zero attached hydrogens (tertiary/aromatic N) is 2. The van der Waals surface area contributed by atoms with E-state index in [1.807, 2.05) is 6.07 Å². The predicted molar refractivity (Wildman–Crippen MR) is 96.0 cm³/mol. The number of hydrogen-bond acceptors (Lipinski definition) is 3. The van der Waals surface area contributed by atoms with E-state index in [9.17, 15) is 8.42 Å². The van der Waals surface area contributed by atoms with E-state index in [-0.39, 0.29) is 0 Å². The van der Waals surface area contributed by atoms with E-state index in [2.05, 4.69) is 10.8 Å². The third kappa shape index (κ3) is 3.83. The van der Waals surface area contributed by atoms with Crippen LogP contribution in [0, 0.1) is 18.3 Å². The lowest BCUT2D eigenvalue weighted by molar-refractivity contribution is 0.0980. The summed E-state index contributed by atoms with van der Waals surface area (Å²) in [4.78, 5) is 2.94. The molecule has 3 rings (SSSR count). The second-order valence-corrected chi connectivity index (χ2v) is 8.77. The maximum atomic E-state index is 12.7. The van der Waals surface area contributed by atoms with Crippen LogP contribution in [0.3, 0.4) is 0 Å². The van der Waals surface area contributed by atoms with Crippen LogP contribution in [0.25, 0.3) is 0 Å². The normalized spacial score (nSPS) is 22.3. The molecule has 130 valence electrons. The predicted octanol–water partition coefficient (Wildman–Crippen LogP) is 2.58. The van der Waals surface area contributed by atoms with Crippen molar-refractivity contribution in [3.05, 3.63) is 30.3 Å². The van der Waals surface area contributed by atoms with Crippen LogP contribution in [0.1, 0.15) is 32.1 Å². The number of benzene rings is 1. The number of sulfonamides is 1. The molecule has 0 atom stereocenters. The van der Waals surface area contributed by atoms with E-state index in [0.717, 1.165) is 32.4 Å². The molecular weight excluding hydrogens is 320 g/mol. The highest BCUT2D eigenvalue weighted by atomic mass is 32.2. The van der Waals surface area contributed by atoms with Crippen molar-refractivity contribution in [1.29, 1.82) is 0 Å². The number of hydrogen-bond donors (Lipinski definition) is 0. The molecule has 0 radical (unpaired) electrons. The smallest absolute Gasteiger partial charge is 0.243 e. The van der Waals surface area contributed by atoms with Crippen LogP contribution < -0.4 is 0 Å². The molecule has 0 unspecified atom stereocenters. The molecular formula is C19H26N2O2S. The topological polar surface area (TPSA) is 40.6 Å². The van der Waals surface area contributed by atoms with Gasteiger partial charge in [0.2, 0.25) is 10.0 Å². The molecule has 5 heteroatoms. The first-order valence-corrected chi connectivity index (χ1v) is 10.3. The average molecular weight is 346 g/mol. The molecule has 0 aromatic heterocycles. The van der Waals surface area contributed by atoms with Gasteiger partial charge in [-0.15, -0.1) is 12.3 Å². The van der Waals surface area contributed by atoms with Gasteiger partial charge in [-0.2, -0.15) is 4.31 Å². The minimum Gasteiger partial charge on any atom is -0.300 e. The summed E-state index contributed by atoms with van der Waals surface area (Å²) < 4.78 is 27.0. The molecule has 0 N–H and O–H groups in total. The number of terminal acetylenes is 1. The fraction of sp³-hybridized carbons (Fsp3) is 0.579. The van der Waals surface area contributed by atoms with E-state index < -0.39 is 10.0 Å². The molecule has 0 bridgehead atoms. The van der Waals surface area contributed by atoms with Crippen molar-refractivity contribution in [2.24, 2.45) is 5.92 Å². The highest BCUT2D eigenvalue weighted by Crippen LogP contribution is 2.27. The maximum absolute atomic E-state index is 12.7. The zero-order valence-electron chi connectivity index (χ0n) is 14.1. The van der Waals surface area contributed by atoms with Crippen LogP contribution in [0.15, 0.2) is 35.2 Å². The highest BCUT2D eigenvalue weighted by molar-refractivity contribution is 7.89. The van der Waals surface area contributed by atoms with Gasteiger partial charge in [0.1, 0.15) is 0 Å². The van der Waals surface area contributed by atoms with Crippen molar-refractivity contribution in [1.82, 2.24) is 9.21 Å². The van der Waals surface area contributed by atoms with Crippen LogP contribution >= 0.6 is 0 Å². The van der Waals surface area contributed by atoms with E-state index in [1.165, 1.54) is 12.8 Å². The summed E-state index contributed by atoms with van der Waals surface area (Å²) in [7, 11) is -3.34. The Bertz CT molecular complexity index is 665. The van der Waals surface area contributed by atoms with Crippen molar-refractivity contribution >= 4 is 10.0 Å².